The van der Waals surface area contributed by atoms with Gasteiger partial charge in [-0.25, -0.2) is 0 Å². The lowest BCUT2D eigenvalue weighted by Gasteiger charge is -2.24. The van der Waals surface area contributed by atoms with Crippen LogP contribution in [0.15, 0.2) is 17.5 Å². The van der Waals surface area contributed by atoms with Crippen LogP contribution in [0.1, 0.15) is 45.0 Å². The van der Waals surface area contributed by atoms with Crippen molar-refractivity contribution in [1.29, 1.82) is 0 Å². The van der Waals surface area contributed by atoms with E-state index in [4.69, 9.17) is 4.74 Å². The van der Waals surface area contributed by atoms with Crippen molar-refractivity contribution < 1.29 is 4.74 Å². The number of hydrogen-bond acceptors (Lipinski definition) is 3. The van der Waals surface area contributed by atoms with E-state index in [-0.39, 0.29) is 5.60 Å². The highest BCUT2D eigenvalue weighted by molar-refractivity contribution is 7.10. The Kier molecular flexibility index (Phi) is 5.46. The standard InChI is InChI=1S/C13H23NOS/c1-5-8-14-11(10-15-13(2,3)4)12-7-6-9-16-12/h6-7,9,11,14H,5,8,10H2,1-4H3. The minimum Gasteiger partial charge on any atom is -0.374 e. The topological polar surface area (TPSA) is 21.3 Å². The highest BCUT2D eigenvalue weighted by Gasteiger charge is 2.16. The van der Waals surface area contributed by atoms with Crippen LogP contribution in [0, 0.1) is 0 Å². The zero-order chi connectivity index (χ0) is 12.0. The minimum absolute atomic E-state index is 0.0661. The van der Waals surface area contributed by atoms with Gasteiger partial charge in [0.25, 0.3) is 0 Å². The maximum atomic E-state index is 5.86. The number of rotatable bonds is 6. The van der Waals surface area contributed by atoms with Gasteiger partial charge in [0.05, 0.1) is 18.2 Å². The van der Waals surface area contributed by atoms with Crippen LogP contribution in [0.2, 0.25) is 0 Å². The van der Waals surface area contributed by atoms with Gasteiger partial charge in [0, 0.05) is 4.88 Å². The molecule has 0 saturated carbocycles. The fourth-order valence-electron chi connectivity index (χ4n) is 1.38. The Balaban J connectivity index is 2.51. The normalized spacial score (nSPS) is 14.0. The second kappa shape index (κ2) is 6.38. The first-order valence-corrected chi connectivity index (χ1v) is 6.81. The number of hydrogen-bond donors (Lipinski definition) is 1. The first kappa shape index (κ1) is 13.7. The van der Waals surface area contributed by atoms with Gasteiger partial charge in [-0.3, -0.25) is 0 Å². The van der Waals surface area contributed by atoms with Crippen molar-refractivity contribution in [3.8, 4) is 0 Å². The molecule has 3 heteroatoms. The van der Waals surface area contributed by atoms with E-state index in [9.17, 15) is 0 Å². The van der Waals surface area contributed by atoms with Gasteiger partial charge in [-0.1, -0.05) is 13.0 Å². The number of thiophene rings is 1. The second-order valence-electron chi connectivity index (χ2n) is 4.95. The number of nitrogens with one attached hydrogen (secondary N) is 1. The van der Waals surface area contributed by atoms with Crippen LogP contribution in [0.4, 0.5) is 0 Å². The summed E-state index contributed by atoms with van der Waals surface area (Å²) in [4.78, 5) is 1.36. The quantitative estimate of drug-likeness (QED) is 0.821. The fourth-order valence-corrected chi connectivity index (χ4v) is 2.17. The van der Waals surface area contributed by atoms with Crippen LogP contribution >= 0.6 is 11.3 Å². The van der Waals surface area contributed by atoms with Crippen molar-refractivity contribution in [2.24, 2.45) is 0 Å². The molecule has 1 aromatic heterocycles. The molecule has 16 heavy (non-hydrogen) atoms. The summed E-state index contributed by atoms with van der Waals surface area (Å²) in [6.45, 7) is 10.2. The van der Waals surface area contributed by atoms with Crippen molar-refractivity contribution in [3.63, 3.8) is 0 Å². The van der Waals surface area contributed by atoms with E-state index in [1.165, 1.54) is 4.88 Å². The molecule has 1 rings (SSSR count). The van der Waals surface area contributed by atoms with Gasteiger partial charge in [0.2, 0.25) is 0 Å². The van der Waals surface area contributed by atoms with E-state index in [0.29, 0.717) is 6.04 Å². The van der Waals surface area contributed by atoms with E-state index in [2.05, 4.69) is 50.5 Å². The summed E-state index contributed by atoms with van der Waals surface area (Å²) in [5, 5.41) is 5.65. The van der Waals surface area contributed by atoms with E-state index in [1.807, 2.05) is 0 Å². The third-order valence-electron chi connectivity index (χ3n) is 2.21. The summed E-state index contributed by atoms with van der Waals surface area (Å²) in [6, 6.07) is 4.60. The highest BCUT2D eigenvalue weighted by Crippen LogP contribution is 2.21. The molecule has 0 aliphatic rings. The van der Waals surface area contributed by atoms with E-state index in [1.54, 1.807) is 11.3 Å². The van der Waals surface area contributed by atoms with Crippen molar-refractivity contribution in [2.45, 2.75) is 45.8 Å². The molecule has 0 aliphatic heterocycles. The SMILES string of the molecule is CCCNC(COC(C)(C)C)c1cccs1. The van der Waals surface area contributed by atoms with Crippen molar-refractivity contribution in [1.82, 2.24) is 5.32 Å². The second-order valence-corrected chi connectivity index (χ2v) is 5.92. The molecule has 2 nitrogen and oxygen atoms in total. The van der Waals surface area contributed by atoms with Gasteiger partial charge in [-0.2, -0.15) is 0 Å². The lowest BCUT2D eigenvalue weighted by Crippen LogP contribution is -2.30. The molecule has 1 atom stereocenters. The Morgan fingerprint density at radius 3 is 2.69 bits per heavy atom. The zero-order valence-electron chi connectivity index (χ0n) is 10.7. The predicted molar refractivity (Wildman–Crippen MR) is 71.1 cm³/mol. The summed E-state index contributed by atoms with van der Waals surface area (Å²) in [5.41, 5.74) is -0.0661. The zero-order valence-corrected chi connectivity index (χ0v) is 11.6. The lowest BCUT2D eigenvalue weighted by atomic mass is 10.2. The molecular weight excluding hydrogens is 218 g/mol. The van der Waals surface area contributed by atoms with Gasteiger partial charge < -0.3 is 10.1 Å². The minimum atomic E-state index is -0.0661. The van der Waals surface area contributed by atoms with Crippen LogP contribution < -0.4 is 5.32 Å². The third kappa shape index (κ3) is 5.10. The van der Waals surface area contributed by atoms with Crippen LogP contribution in [0.25, 0.3) is 0 Å². The molecule has 1 N–H and O–H groups in total. The average Bonchev–Trinajstić information content (AvgIpc) is 2.69. The van der Waals surface area contributed by atoms with Gasteiger partial charge in [0.15, 0.2) is 0 Å². The van der Waals surface area contributed by atoms with E-state index >= 15 is 0 Å². The summed E-state index contributed by atoms with van der Waals surface area (Å²) in [5.74, 6) is 0. The molecule has 1 unspecified atom stereocenters. The monoisotopic (exact) mass is 241 g/mol. The third-order valence-corrected chi connectivity index (χ3v) is 3.20. The molecular formula is C13H23NOS. The maximum Gasteiger partial charge on any atom is 0.0676 e. The largest absolute Gasteiger partial charge is 0.374 e. The van der Waals surface area contributed by atoms with Crippen molar-refractivity contribution in [2.75, 3.05) is 13.2 Å². The predicted octanol–water partition coefficient (Wildman–Crippen LogP) is 3.60. The van der Waals surface area contributed by atoms with Crippen molar-refractivity contribution >= 4 is 11.3 Å². The molecule has 0 fully saturated rings. The summed E-state index contributed by atoms with van der Waals surface area (Å²) in [6.07, 6.45) is 1.15. The van der Waals surface area contributed by atoms with E-state index < -0.39 is 0 Å². The molecule has 0 spiro atoms. The molecule has 0 aliphatic carbocycles. The summed E-state index contributed by atoms with van der Waals surface area (Å²) < 4.78 is 5.86. The molecule has 1 heterocycles. The number of ether oxygens (including phenoxy) is 1. The van der Waals surface area contributed by atoms with Crippen LogP contribution in [-0.4, -0.2) is 18.8 Å². The van der Waals surface area contributed by atoms with Gasteiger partial charge in [-0.15, -0.1) is 11.3 Å². The van der Waals surface area contributed by atoms with Gasteiger partial charge >= 0.3 is 0 Å². The van der Waals surface area contributed by atoms with Crippen LogP contribution in [0.3, 0.4) is 0 Å². The van der Waals surface area contributed by atoms with Gasteiger partial charge in [-0.05, 0) is 45.2 Å². The molecule has 0 saturated heterocycles. The molecule has 0 bridgehead atoms. The smallest absolute Gasteiger partial charge is 0.0676 e. The summed E-state index contributed by atoms with van der Waals surface area (Å²) in [7, 11) is 0. The average molecular weight is 241 g/mol. The Morgan fingerprint density at radius 1 is 1.44 bits per heavy atom. The molecule has 92 valence electrons. The Labute approximate surface area is 103 Å². The van der Waals surface area contributed by atoms with Gasteiger partial charge in [0.1, 0.15) is 0 Å². The lowest BCUT2D eigenvalue weighted by molar-refractivity contribution is -0.0143. The molecule has 0 aromatic carbocycles. The maximum absolute atomic E-state index is 5.86. The highest BCUT2D eigenvalue weighted by atomic mass is 32.1. The molecule has 0 amide bonds. The Bertz CT molecular complexity index is 277. The van der Waals surface area contributed by atoms with Crippen LogP contribution in [0.5, 0.6) is 0 Å². The first-order valence-electron chi connectivity index (χ1n) is 5.93. The van der Waals surface area contributed by atoms with E-state index in [0.717, 1.165) is 19.6 Å². The van der Waals surface area contributed by atoms with Crippen molar-refractivity contribution in [3.05, 3.63) is 22.4 Å². The Morgan fingerprint density at radius 2 is 2.19 bits per heavy atom. The molecule has 0 radical (unpaired) electrons. The molecule has 1 aromatic rings. The summed E-state index contributed by atoms with van der Waals surface area (Å²) >= 11 is 1.79. The fraction of sp³-hybridized carbons (Fsp3) is 0.692. The Hall–Kier alpha value is -0.380. The van der Waals surface area contributed by atoms with Crippen LogP contribution in [-0.2, 0) is 4.74 Å². The first-order chi connectivity index (χ1) is 7.53.